The molecule has 1 aromatic carbocycles. The summed E-state index contributed by atoms with van der Waals surface area (Å²) in [5, 5.41) is 9.26. The summed E-state index contributed by atoms with van der Waals surface area (Å²) in [6.07, 6.45) is 1.60. The number of ether oxygens (including phenoxy) is 1. The minimum absolute atomic E-state index is 0.0707. The number of hydrogen-bond acceptors (Lipinski definition) is 4. The van der Waals surface area contributed by atoms with E-state index in [-0.39, 0.29) is 23.6 Å². The van der Waals surface area contributed by atoms with Gasteiger partial charge in [-0.25, -0.2) is 0 Å². The third-order valence-electron chi connectivity index (χ3n) is 4.04. The van der Waals surface area contributed by atoms with Crippen molar-refractivity contribution in [3.05, 3.63) is 54.0 Å². The van der Waals surface area contributed by atoms with Crippen molar-refractivity contribution < 1.29 is 19.0 Å². The topological polar surface area (TPSA) is 62.7 Å². The Morgan fingerprint density at radius 2 is 2.08 bits per heavy atom. The fourth-order valence-corrected chi connectivity index (χ4v) is 2.75. The first-order valence-corrected chi connectivity index (χ1v) is 7.95. The summed E-state index contributed by atoms with van der Waals surface area (Å²) < 4.78 is 18.7. The van der Waals surface area contributed by atoms with E-state index in [9.17, 15) is 14.3 Å². The third-order valence-corrected chi connectivity index (χ3v) is 4.04. The number of amides is 1. The summed E-state index contributed by atoms with van der Waals surface area (Å²) in [6, 6.07) is 11.3. The molecule has 126 valence electrons. The van der Waals surface area contributed by atoms with Crippen LogP contribution in [0.25, 0.3) is 0 Å². The smallest absolute Gasteiger partial charge is 0.223 e. The first-order chi connectivity index (χ1) is 11.6. The molecule has 6 heteroatoms. The molecule has 1 atom stereocenters. The molecule has 24 heavy (non-hydrogen) atoms. The number of rotatable bonds is 5. The second-order valence-electron chi connectivity index (χ2n) is 5.83. The third kappa shape index (κ3) is 4.22. The van der Waals surface area contributed by atoms with Crippen LogP contribution in [0.1, 0.15) is 18.4 Å². The Kier molecular flexibility index (Phi) is 4.93. The predicted octanol–water partition coefficient (Wildman–Crippen LogP) is 2.54. The van der Waals surface area contributed by atoms with E-state index in [1.807, 2.05) is 12.1 Å². The Morgan fingerprint density at radius 1 is 1.29 bits per heavy atom. The van der Waals surface area contributed by atoms with Crippen LogP contribution in [0.15, 0.2) is 42.5 Å². The molecule has 0 bridgehead atoms. The highest BCUT2D eigenvalue weighted by Gasteiger charge is 2.27. The first kappa shape index (κ1) is 16.2. The Labute approximate surface area is 139 Å². The maximum absolute atomic E-state index is 13.1. The summed E-state index contributed by atoms with van der Waals surface area (Å²) >= 11 is 0. The second-order valence-corrected chi connectivity index (χ2v) is 5.83. The van der Waals surface area contributed by atoms with Crippen molar-refractivity contribution in [3.8, 4) is 11.6 Å². The highest BCUT2D eigenvalue weighted by Crippen LogP contribution is 2.18. The monoisotopic (exact) mass is 330 g/mol. The van der Waals surface area contributed by atoms with Crippen molar-refractivity contribution in [1.82, 2.24) is 9.88 Å². The molecule has 2 aromatic rings. The number of phenolic OH excluding ortho intramolecular Hbond substituents is 1. The molecule has 5 nitrogen and oxygen atoms in total. The number of carbonyl (C=O) groups excluding carboxylic acids is 1. The summed E-state index contributed by atoms with van der Waals surface area (Å²) in [5.74, 6) is -0.0392. The van der Waals surface area contributed by atoms with Crippen LogP contribution in [0.5, 0.6) is 11.6 Å². The molecular formula is C18H19FN2O3. The van der Waals surface area contributed by atoms with Crippen LogP contribution in [0, 0.1) is 5.95 Å². The molecule has 0 spiro atoms. The SMILES string of the molecule is O=C(CCc1ccc(O)cc1)N1CCC(Oc2cccc(F)n2)C1. The Bertz CT molecular complexity index is 706. The Hall–Kier alpha value is -2.63. The lowest BCUT2D eigenvalue weighted by atomic mass is 10.1. The molecule has 1 aromatic heterocycles. The minimum Gasteiger partial charge on any atom is -0.508 e. The van der Waals surface area contributed by atoms with Crippen LogP contribution < -0.4 is 4.74 Å². The van der Waals surface area contributed by atoms with Gasteiger partial charge < -0.3 is 14.7 Å². The number of hydrogen-bond donors (Lipinski definition) is 1. The molecule has 1 aliphatic heterocycles. The zero-order chi connectivity index (χ0) is 16.9. The average molecular weight is 330 g/mol. The first-order valence-electron chi connectivity index (χ1n) is 7.95. The molecule has 1 amide bonds. The number of aromatic nitrogens is 1. The van der Waals surface area contributed by atoms with E-state index in [2.05, 4.69) is 4.98 Å². The number of likely N-dealkylation sites (tertiary alicyclic amines) is 1. The number of pyridine rings is 1. The van der Waals surface area contributed by atoms with Crippen LogP contribution in [0.3, 0.4) is 0 Å². The number of carbonyl (C=O) groups is 1. The molecule has 1 aliphatic rings. The fourth-order valence-electron chi connectivity index (χ4n) is 2.75. The normalized spacial score (nSPS) is 17.0. The van der Waals surface area contributed by atoms with Crippen LogP contribution in [0.2, 0.25) is 0 Å². The fraction of sp³-hybridized carbons (Fsp3) is 0.333. The van der Waals surface area contributed by atoms with Crippen molar-refractivity contribution in [2.45, 2.75) is 25.4 Å². The van der Waals surface area contributed by atoms with E-state index >= 15 is 0 Å². The van der Waals surface area contributed by atoms with Crippen molar-refractivity contribution in [3.63, 3.8) is 0 Å². The molecule has 0 radical (unpaired) electrons. The van der Waals surface area contributed by atoms with Crippen LogP contribution in [-0.4, -0.2) is 40.1 Å². The molecule has 0 saturated carbocycles. The average Bonchev–Trinajstić information content (AvgIpc) is 3.03. The van der Waals surface area contributed by atoms with Gasteiger partial charge in [-0.3, -0.25) is 4.79 Å². The van der Waals surface area contributed by atoms with Gasteiger partial charge in [0.15, 0.2) is 0 Å². The number of benzene rings is 1. The summed E-state index contributed by atoms with van der Waals surface area (Å²) in [7, 11) is 0. The predicted molar refractivity (Wildman–Crippen MR) is 86.2 cm³/mol. The highest BCUT2D eigenvalue weighted by molar-refractivity contribution is 5.76. The number of aryl methyl sites for hydroxylation is 1. The van der Waals surface area contributed by atoms with Gasteiger partial charge in [0.05, 0.1) is 6.54 Å². The van der Waals surface area contributed by atoms with E-state index < -0.39 is 5.95 Å². The number of nitrogens with zero attached hydrogens (tertiary/aromatic N) is 2. The van der Waals surface area contributed by atoms with Crippen LogP contribution in [0.4, 0.5) is 4.39 Å². The Morgan fingerprint density at radius 3 is 2.83 bits per heavy atom. The molecule has 1 fully saturated rings. The van der Waals surface area contributed by atoms with Gasteiger partial charge in [-0.15, -0.1) is 0 Å². The van der Waals surface area contributed by atoms with Gasteiger partial charge in [0.1, 0.15) is 11.9 Å². The zero-order valence-corrected chi connectivity index (χ0v) is 13.2. The van der Waals surface area contributed by atoms with Crippen molar-refractivity contribution >= 4 is 5.91 Å². The van der Waals surface area contributed by atoms with Gasteiger partial charge in [0, 0.05) is 25.5 Å². The van der Waals surface area contributed by atoms with Crippen molar-refractivity contribution in [1.29, 1.82) is 0 Å². The largest absolute Gasteiger partial charge is 0.508 e. The van der Waals surface area contributed by atoms with Crippen molar-refractivity contribution in [2.24, 2.45) is 0 Å². The molecule has 1 saturated heterocycles. The lowest BCUT2D eigenvalue weighted by Gasteiger charge is -2.17. The Balaban J connectivity index is 1.48. The van der Waals surface area contributed by atoms with Gasteiger partial charge in [-0.2, -0.15) is 9.37 Å². The summed E-state index contributed by atoms with van der Waals surface area (Å²) in [4.78, 5) is 17.7. The molecule has 1 unspecified atom stereocenters. The van der Waals surface area contributed by atoms with Crippen LogP contribution in [-0.2, 0) is 11.2 Å². The summed E-state index contributed by atoms with van der Waals surface area (Å²) in [5.41, 5.74) is 1.01. The quantitative estimate of drug-likeness (QED) is 0.856. The van der Waals surface area contributed by atoms with Gasteiger partial charge in [-0.1, -0.05) is 18.2 Å². The molecule has 0 aliphatic carbocycles. The second kappa shape index (κ2) is 7.29. The molecule has 3 rings (SSSR count). The van der Waals surface area contributed by atoms with Crippen LogP contribution >= 0.6 is 0 Å². The maximum Gasteiger partial charge on any atom is 0.223 e. The standard InChI is InChI=1S/C18H19FN2O3/c19-16-2-1-3-17(20-16)24-15-10-11-21(12-15)18(23)9-6-13-4-7-14(22)8-5-13/h1-5,7-8,15,22H,6,9-12H2. The maximum atomic E-state index is 13.1. The number of halogens is 1. The van der Waals surface area contributed by atoms with E-state index in [1.165, 1.54) is 6.07 Å². The van der Waals surface area contributed by atoms with E-state index in [0.29, 0.717) is 32.4 Å². The van der Waals surface area contributed by atoms with Gasteiger partial charge in [0.25, 0.3) is 0 Å². The highest BCUT2D eigenvalue weighted by atomic mass is 19.1. The van der Waals surface area contributed by atoms with Gasteiger partial charge >= 0.3 is 0 Å². The molecular weight excluding hydrogens is 311 g/mol. The number of phenols is 1. The summed E-state index contributed by atoms with van der Waals surface area (Å²) in [6.45, 7) is 1.13. The minimum atomic E-state index is -0.577. The molecule has 2 heterocycles. The lowest BCUT2D eigenvalue weighted by molar-refractivity contribution is -0.130. The van der Waals surface area contributed by atoms with E-state index in [0.717, 1.165) is 5.56 Å². The lowest BCUT2D eigenvalue weighted by Crippen LogP contribution is -2.31. The van der Waals surface area contributed by atoms with E-state index in [1.54, 1.807) is 29.2 Å². The van der Waals surface area contributed by atoms with Crippen molar-refractivity contribution in [2.75, 3.05) is 13.1 Å². The molecule has 1 N–H and O–H groups in total. The zero-order valence-electron chi connectivity index (χ0n) is 13.2. The van der Waals surface area contributed by atoms with Gasteiger partial charge in [0.2, 0.25) is 17.7 Å². The number of aromatic hydroxyl groups is 1. The van der Waals surface area contributed by atoms with E-state index in [4.69, 9.17) is 4.74 Å². The van der Waals surface area contributed by atoms with Gasteiger partial charge in [-0.05, 0) is 30.2 Å².